The molecule has 0 radical (unpaired) electrons. The van der Waals surface area contributed by atoms with Crippen LogP contribution in [0.15, 0.2) is 0 Å². The Kier molecular flexibility index (Phi) is 12.7. The molecule has 0 aliphatic rings. The summed E-state index contributed by atoms with van der Waals surface area (Å²) < 4.78 is 0. The summed E-state index contributed by atoms with van der Waals surface area (Å²) >= 11 is 13.2. The van der Waals surface area contributed by atoms with Gasteiger partial charge in [0.1, 0.15) is 0 Å². The molecule has 0 aromatic carbocycles. The van der Waals surface area contributed by atoms with Gasteiger partial charge in [0.2, 0.25) is 0 Å². The molecule has 6 heteroatoms. The molecular formula is C2H6Br4OTi. The zero-order valence-corrected chi connectivity index (χ0v) is 12.1. The van der Waals surface area contributed by atoms with Gasteiger partial charge >= 0.3 is 60.9 Å². The standard InChI is InChI=1S/C2H6O.4BrH.Ti/c1-2-3;;;;;/h3H,2H2,1H3;4*1H;/q;;;;;+4/p-4. The second-order valence-corrected chi connectivity index (χ2v) is 48.0. The van der Waals surface area contributed by atoms with Crippen molar-refractivity contribution >= 4 is 52.6 Å². The summed E-state index contributed by atoms with van der Waals surface area (Å²) in [5, 5.41) is 7.57. The molecule has 0 rings (SSSR count). The molecule has 1 N–H and O–H groups in total. The Labute approximate surface area is 78.2 Å². The molecule has 0 fully saturated rings. The first-order valence-electron chi connectivity index (χ1n) is 1.78. The van der Waals surface area contributed by atoms with Crippen LogP contribution in [0.2, 0.25) is 0 Å². The van der Waals surface area contributed by atoms with Crippen molar-refractivity contribution in [2.75, 3.05) is 6.61 Å². The van der Waals surface area contributed by atoms with Gasteiger partial charge in [-0.3, -0.25) is 0 Å². The van der Waals surface area contributed by atoms with E-state index in [2.05, 4.69) is 52.6 Å². The summed E-state index contributed by atoms with van der Waals surface area (Å²) in [6.07, 6.45) is 0. The number of rotatable bonds is 0. The van der Waals surface area contributed by atoms with Crippen molar-refractivity contribution in [2.24, 2.45) is 0 Å². The summed E-state index contributed by atoms with van der Waals surface area (Å²) in [5.74, 6) is 0. The Hall–Kier alpha value is 2.59. The molecular weight excluding hydrogens is 408 g/mol. The van der Waals surface area contributed by atoms with Crippen LogP contribution in [0.4, 0.5) is 0 Å². The molecule has 0 aromatic heterocycles. The first kappa shape index (κ1) is 13.2. The van der Waals surface area contributed by atoms with Gasteiger partial charge in [-0.25, -0.2) is 0 Å². The molecule has 0 atom stereocenters. The van der Waals surface area contributed by atoms with E-state index in [0.717, 1.165) is 0 Å². The van der Waals surface area contributed by atoms with Crippen LogP contribution in [0.5, 0.6) is 0 Å². The third-order valence-electron chi connectivity index (χ3n) is 0. The van der Waals surface area contributed by atoms with Crippen molar-refractivity contribution < 1.29 is 13.3 Å². The first-order chi connectivity index (χ1) is 3.41. The summed E-state index contributed by atoms with van der Waals surface area (Å²) in [4.78, 5) is 0. The van der Waals surface area contributed by atoms with E-state index in [1.165, 1.54) is 0 Å². The fourth-order valence-corrected chi connectivity index (χ4v) is 0. The number of hydrogen-bond acceptors (Lipinski definition) is 1. The molecule has 0 amide bonds. The molecule has 1 nitrogen and oxygen atoms in total. The van der Waals surface area contributed by atoms with Gasteiger partial charge in [-0.05, 0) is 6.92 Å². The quantitative estimate of drug-likeness (QED) is 0.604. The number of halogens is 4. The van der Waals surface area contributed by atoms with E-state index >= 15 is 0 Å². The van der Waals surface area contributed by atoms with Gasteiger partial charge in [-0.15, -0.1) is 0 Å². The Bertz CT molecular complexity index is 37.8. The van der Waals surface area contributed by atoms with E-state index in [-0.39, 0.29) is 6.61 Å². The van der Waals surface area contributed by atoms with Gasteiger partial charge in [0.05, 0.1) is 0 Å². The zero-order chi connectivity index (χ0) is 7.21. The molecule has 0 aromatic rings. The van der Waals surface area contributed by atoms with Crippen LogP contribution in [-0.2, 0) is 8.21 Å². The van der Waals surface area contributed by atoms with Gasteiger partial charge < -0.3 is 5.11 Å². The van der Waals surface area contributed by atoms with Gasteiger partial charge in [-0.2, -0.15) is 0 Å². The molecule has 0 saturated heterocycles. The average molecular weight is 414 g/mol. The molecule has 0 heterocycles. The van der Waals surface area contributed by atoms with Crippen LogP contribution in [-0.4, -0.2) is 11.7 Å². The molecule has 52 valence electrons. The third-order valence-corrected chi connectivity index (χ3v) is 0. The van der Waals surface area contributed by atoms with Crippen molar-refractivity contribution in [3.05, 3.63) is 0 Å². The maximum atomic E-state index is 7.57. The molecule has 8 heavy (non-hydrogen) atoms. The van der Waals surface area contributed by atoms with E-state index in [9.17, 15) is 0 Å². The van der Waals surface area contributed by atoms with Crippen LogP contribution in [0.25, 0.3) is 0 Å². The fraction of sp³-hybridized carbons (Fsp3) is 1.00. The van der Waals surface area contributed by atoms with Gasteiger partial charge in [0.25, 0.3) is 0 Å². The van der Waals surface area contributed by atoms with Crippen molar-refractivity contribution in [2.45, 2.75) is 6.92 Å². The van der Waals surface area contributed by atoms with E-state index in [0.29, 0.717) is 0 Å². The minimum absolute atomic E-state index is 0.250. The Morgan fingerprint density at radius 2 is 1.25 bits per heavy atom. The van der Waals surface area contributed by atoms with Crippen molar-refractivity contribution in [1.82, 2.24) is 0 Å². The second-order valence-electron chi connectivity index (χ2n) is 0.745. The number of aliphatic hydroxyl groups is 1. The topological polar surface area (TPSA) is 20.2 Å². The van der Waals surface area contributed by atoms with Crippen molar-refractivity contribution in [1.29, 1.82) is 0 Å². The normalized spacial score (nSPS) is 9.75. The summed E-state index contributed by atoms with van der Waals surface area (Å²) in [5.41, 5.74) is 0. The SMILES string of the molecule is CCO.[Br][Ti]([Br])([Br])[Br]. The van der Waals surface area contributed by atoms with Crippen LogP contribution in [0.3, 0.4) is 0 Å². The second kappa shape index (κ2) is 7.70. The van der Waals surface area contributed by atoms with E-state index in [4.69, 9.17) is 5.11 Å². The number of aliphatic hydroxyl groups excluding tert-OH is 1. The van der Waals surface area contributed by atoms with Gasteiger partial charge in [0, 0.05) is 6.61 Å². The summed E-state index contributed by atoms with van der Waals surface area (Å²) in [6.45, 7) is 1.93. The molecule has 0 saturated carbocycles. The van der Waals surface area contributed by atoms with E-state index in [1.807, 2.05) is 0 Å². The predicted octanol–water partition coefficient (Wildman–Crippen LogP) is 3.38. The van der Waals surface area contributed by atoms with Crippen molar-refractivity contribution in [3.63, 3.8) is 0 Å². The van der Waals surface area contributed by atoms with Crippen molar-refractivity contribution in [3.8, 4) is 0 Å². The van der Waals surface area contributed by atoms with E-state index in [1.54, 1.807) is 6.92 Å². The Balaban J connectivity index is 0. The molecule has 0 unspecified atom stereocenters. The minimum atomic E-state index is -1.75. The average Bonchev–Trinajstić information content (AvgIpc) is 1.27. The zero-order valence-electron chi connectivity index (χ0n) is 4.17. The van der Waals surface area contributed by atoms with E-state index < -0.39 is 8.21 Å². The monoisotopic (exact) mass is 410 g/mol. The molecule has 0 aliphatic carbocycles. The van der Waals surface area contributed by atoms with Crippen LogP contribution in [0.1, 0.15) is 6.92 Å². The summed E-state index contributed by atoms with van der Waals surface area (Å²) in [6, 6.07) is 0. The van der Waals surface area contributed by atoms with Crippen LogP contribution >= 0.6 is 52.6 Å². The Morgan fingerprint density at radius 1 is 1.25 bits per heavy atom. The molecule has 0 spiro atoms. The van der Waals surface area contributed by atoms with Gasteiger partial charge in [0.15, 0.2) is 0 Å². The van der Waals surface area contributed by atoms with Crippen LogP contribution in [0, 0.1) is 0 Å². The summed E-state index contributed by atoms with van der Waals surface area (Å²) in [7, 11) is -1.75. The maximum absolute atomic E-state index is 7.57. The molecule has 0 bridgehead atoms. The van der Waals surface area contributed by atoms with Crippen LogP contribution < -0.4 is 0 Å². The number of hydrogen-bond donors (Lipinski definition) is 1. The Morgan fingerprint density at radius 3 is 1.25 bits per heavy atom. The molecule has 0 aliphatic heterocycles. The first-order valence-corrected chi connectivity index (χ1v) is 17.2. The predicted molar refractivity (Wildman–Crippen MR) is 48.5 cm³/mol. The third kappa shape index (κ3) is 73.6. The fourth-order valence-electron chi connectivity index (χ4n) is 0. The van der Waals surface area contributed by atoms with Gasteiger partial charge in [-0.1, -0.05) is 0 Å².